The van der Waals surface area contributed by atoms with Gasteiger partial charge in [0, 0.05) is 43.7 Å². The number of hydrogen-bond donors (Lipinski definition) is 4. The van der Waals surface area contributed by atoms with E-state index < -0.39 is 17.7 Å². The van der Waals surface area contributed by atoms with Gasteiger partial charge in [-0.25, -0.2) is 14.8 Å². The van der Waals surface area contributed by atoms with E-state index in [1.807, 2.05) is 6.07 Å². The van der Waals surface area contributed by atoms with E-state index in [-0.39, 0.29) is 28.9 Å². The molecule has 1 atom stereocenters. The molecule has 0 fully saturated rings. The number of anilines is 1. The van der Waals surface area contributed by atoms with Crippen LogP contribution in [0.1, 0.15) is 35.5 Å². The summed E-state index contributed by atoms with van der Waals surface area (Å²) in [5.74, 6) is 0.591. The zero-order valence-corrected chi connectivity index (χ0v) is 22.9. The minimum Gasteiger partial charge on any atom is -0.493 e. The van der Waals surface area contributed by atoms with Gasteiger partial charge in [0.2, 0.25) is 0 Å². The molecule has 4 aromatic rings. The first-order chi connectivity index (χ1) is 19.7. The van der Waals surface area contributed by atoms with Crippen LogP contribution >= 0.6 is 0 Å². The number of ether oxygens (including phenoxy) is 4. The Morgan fingerprint density at radius 2 is 1.88 bits per heavy atom. The Bertz CT molecular complexity index is 1600. The van der Waals surface area contributed by atoms with Gasteiger partial charge < -0.3 is 30.0 Å². The van der Waals surface area contributed by atoms with E-state index in [0.29, 0.717) is 35.8 Å². The number of hydrogen-bond acceptors (Lipinski definition) is 11. The van der Waals surface area contributed by atoms with Crippen molar-refractivity contribution in [2.45, 2.75) is 19.4 Å². The summed E-state index contributed by atoms with van der Waals surface area (Å²) < 4.78 is 22.9. The maximum Gasteiger partial charge on any atom is 0.350 e. The molecule has 0 amide bonds. The lowest BCUT2D eigenvalue weighted by molar-refractivity contribution is -0.131. The van der Waals surface area contributed by atoms with Crippen LogP contribution in [0.4, 0.5) is 5.69 Å². The number of aromatic amines is 1. The average Bonchev–Trinajstić information content (AvgIpc) is 3.35. The molecule has 2 aromatic carbocycles. The third-order valence-electron chi connectivity index (χ3n) is 5.97. The number of nitrogens with one attached hydrogen (secondary N) is 3. The van der Waals surface area contributed by atoms with Gasteiger partial charge in [-0.15, -0.1) is 9.78 Å². The Morgan fingerprint density at radius 3 is 2.51 bits per heavy atom. The fourth-order valence-corrected chi connectivity index (χ4v) is 4.19. The summed E-state index contributed by atoms with van der Waals surface area (Å²) in [4.78, 5) is 35.7. The van der Waals surface area contributed by atoms with Crippen molar-refractivity contribution in [2.24, 2.45) is 5.73 Å². The molecule has 41 heavy (non-hydrogen) atoms. The second-order valence-electron chi connectivity index (χ2n) is 8.73. The molecule has 2 aromatic heterocycles. The number of carbonyl (C=O) groups is 1. The predicted molar refractivity (Wildman–Crippen MR) is 149 cm³/mol. The van der Waals surface area contributed by atoms with Gasteiger partial charge in [0.15, 0.2) is 17.3 Å². The van der Waals surface area contributed by atoms with Crippen LogP contribution in [0, 0.1) is 5.41 Å². The number of nitrogen functional groups attached to an aromatic ring is 1. The number of methoxy groups -OCH3 is 3. The Balaban J connectivity index is 1.88. The maximum atomic E-state index is 12.9. The largest absolute Gasteiger partial charge is 0.493 e. The number of rotatable bonds is 12. The van der Waals surface area contributed by atoms with Crippen LogP contribution in [-0.2, 0) is 16.0 Å². The quantitative estimate of drug-likeness (QED) is 0.0854. The number of esters is 1. The second kappa shape index (κ2) is 12.7. The summed E-state index contributed by atoms with van der Waals surface area (Å²) in [5.41, 5.74) is 7.32. The van der Waals surface area contributed by atoms with Gasteiger partial charge in [0.05, 0.1) is 26.4 Å². The Labute approximate surface area is 235 Å². The van der Waals surface area contributed by atoms with Gasteiger partial charge in [-0.1, -0.05) is 0 Å². The minimum atomic E-state index is -0.762. The lowest BCUT2D eigenvalue weighted by atomic mass is 9.99. The van der Waals surface area contributed by atoms with Gasteiger partial charge in [0.25, 0.3) is 5.95 Å². The Kier molecular flexibility index (Phi) is 8.94. The van der Waals surface area contributed by atoms with Crippen LogP contribution in [-0.4, -0.2) is 64.5 Å². The molecular formula is C27H30N8O6. The molecule has 14 heteroatoms. The summed E-state index contributed by atoms with van der Waals surface area (Å²) in [6.07, 6.45) is 3.52. The normalized spacial score (nSPS) is 11.5. The van der Waals surface area contributed by atoms with Crippen molar-refractivity contribution < 1.29 is 23.7 Å². The predicted octanol–water partition coefficient (Wildman–Crippen LogP) is 1.97. The van der Waals surface area contributed by atoms with Crippen LogP contribution in [0.2, 0.25) is 0 Å². The van der Waals surface area contributed by atoms with Crippen molar-refractivity contribution in [3.8, 4) is 23.2 Å². The fourth-order valence-electron chi connectivity index (χ4n) is 4.19. The van der Waals surface area contributed by atoms with E-state index in [0.717, 1.165) is 10.2 Å². The smallest absolute Gasteiger partial charge is 0.350 e. The van der Waals surface area contributed by atoms with E-state index in [2.05, 4.69) is 25.4 Å². The van der Waals surface area contributed by atoms with Crippen molar-refractivity contribution >= 4 is 17.5 Å². The second-order valence-corrected chi connectivity index (χ2v) is 8.73. The van der Waals surface area contributed by atoms with E-state index in [4.69, 9.17) is 30.1 Å². The lowest BCUT2D eigenvalue weighted by Gasteiger charge is -2.22. The van der Waals surface area contributed by atoms with Crippen LogP contribution < -0.4 is 31.0 Å². The molecule has 0 aliphatic rings. The lowest BCUT2D eigenvalue weighted by Crippen LogP contribution is -2.18. The zero-order valence-electron chi connectivity index (χ0n) is 22.9. The van der Waals surface area contributed by atoms with E-state index in [1.54, 1.807) is 38.5 Å². The third kappa shape index (κ3) is 6.50. The maximum absolute atomic E-state index is 12.9. The fraction of sp³-hybridized carbons (Fsp3) is 0.259. The van der Waals surface area contributed by atoms with Crippen LogP contribution in [0.15, 0.2) is 53.6 Å². The number of amidine groups is 1. The first-order valence-electron chi connectivity index (χ1n) is 12.4. The molecule has 0 spiro atoms. The van der Waals surface area contributed by atoms with Gasteiger partial charge in [-0.05, 0) is 42.3 Å². The summed E-state index contributed by atoms with van der Waals surface area (Å²) >= 11 is 0. The molecule has 0 bridgehead atoms. The molecule has 0 aliphatic heterocycles. The van der Waals surface area contributed by atoms with E-state index >= 15 is 0 Å². The number of carbonyl (C=O) groups excluding carboxylic acids is 1. The molecule has 2 heterocycles. The molecule has 4 rings (SSSR count). The van der Waals surface area contributed by atoms with Gasteiger partial charge in [-0.3, -0.25) is 15.2 Å². The monoisotopic (exact) mass is 562 g/mol. The molecule has 5 N–H and O–H groups in total. The molecule has 0 saturated carbocycles. The zero-order chi connectivity index (χ0) is 29.5. The SMILES string of the molecule is COCCc1cc(C(Nc2ccc(C(=N)N)c(OC(C)=O)c2)c2nn(-c3ncccn3)c(=O)[nH]2)cc(OC)c1OC. The third-order valence-corrected chi connectivity index (χ3v) is 5.97. The number of aromatic nitrogens is 5. The van der Waals surface area contributed by atoms with Gasteiger partial charge in [-0.2, -0.15) is 0 Å². The minimum absolute atomic E-state index is 0.0924. The van der Waals surface area contributed by atoms with E-state index in [1.165, 1.54) is 32.5 Å². The number of nitrogens with zero attached hydrogens (tertiary/aromatic N) is 4. The number of H-pyrrole nitrogens is 1. The average molecular weight is 563 g/mol. The van der Waals surface area contributed by atoms with Crippen molar-refractivity contribution in [3.05, 3.63) is 81.8 Å². The summed E-state index contributed by atoms with van der Waals surface area (Å²) in [7, 11) is 4.68. The summed E-state index contributed by atoms with van der Waals surface area (Å²) in [5, 5.41) is 15.7. The van der Waals surface area contributed by atoms with Crippen molar-refractivity contribution in [1.29, 1.82) is 5.41 Å². The van der Waals surface area contributed by atoms with Crippen molar-refractivity contribution in [3.63, 3.8) is 0 Å². The van der Waals surface area contributed by atoms with Crippen molar-refractivity contribution in [1.82, 2.24) is 24.7 Å². The molecule has 1 unspecified atom stereocenters. The topological polar surface area (TPSA) is 192 Å². The number of benzene rings is 2. The Morgan fingerprint density at radius 1 is 1.12 bits per heavy atom. The highest BCUT2D eigenvalue weighted by Gasteiger charge is 2.25. The molecule has 0 aliphatic carbocycles. The molecule has 14 nitrogen and oxygen atoms in total. The highest BCUT2D eigenvalue weighted by atomic mass is 16.5. The Hall–Kier alpha value is -5.24. The molecule has 0 radical (unpaired) electrons. The molecule has 214 valence electrons. The first kappa shape index (κ1) is 28.8. The first-order valence-corrected chi connectivity index (χ1v) is 12.4. The summed E-state index contributed by atoms with van der Waals surface area (Å²) in [6, 6.07) is 9.28. The standard InChI is InChI=1S/C27H30N8O6/c1-15(36)41-20-14-18(6-7-19(20)24(28)29)32-22(25-33-27(37)35(34-25)26-30-9-5-10-31-26)17-12-16(8-11-38-2)23(40-4)21(13-17)39-3/h5-7,9-10,12-14,22,32H,8,11H2,1-4H3,(H3,28,29)(H,33,34,37). The highest BCUT2D eigenvalue weighted by molar-refractivity contribution is 5.98. The molecule has 0 saturated heterocycles. The highest BCUT2D eigenvalue weighted by Crippen LogP contribution is 2.37. The van der Waals surface area contributed by atoms with Crippen molar-refractivity contribution in [2.75, 3.05) is 33.3 Å². The van der Waals surface area contributed by atoms with Crippen LogP contribution in [0.3, 0.4) is 0 Å². The number of nitrogens with two attached hydrogens (primary N) is 1. The van der Waals surface area contributed by atoms with Gasteiger partial charge in [0.1, 0.15) is 17.6 Å². The molecular weight excluding hydrogens is 532 g/mol. The van der Waals surface area contributed by atoms with Gasteiger partial charge >= 0.3 is 11.7 Å². The summed E-state index contributed by atoms with van der Waals surface area (Å²) in [6.45, 7) is 1.68. The van der Waals surface area contributed by atoms with E-state index in [9.17, 15) is 9.59 Å². The van der Waals surface area contributed by atoms with Crippen LogP contribution in [0.25, 0.3) is 5.95 Å². The van der Waals surface area contributed by atoms with Crippen LogP contribution in [0.5, 0.6) is 17.2 Å².